The molecule has 0 bridgehead atoms. The number of amides is 1. The van der Waals surface area contributed by atoms with Gasteiger partial charge in [0, 0.05) is 13.2 Å². The van der Waals surface area contributed by atoms with E-state index in [2.05, 4.69) is 20.5 Å². The lowest BCUT2D eigenvalue weighted by Crippen LogP contribution is -2.28. The molecule has 0 radical (unpaired) electrons. The number of carbonyl (C=O) groups excluding carboxylic acids is 1. The van der Waals surface area contributed by atoms with Gasteiger partial charge < -0.3 is 9.88 Å². The van der Waals surface area contributed by atoms with E-state index in [1.807, 2.05) is 26.2 Å². The number of aromatic amines is 1. The van der Waals surface area contributed by atoms with Crippen LogP contribution in [-0.2, 0) is 7.05 Å². The van der Waals surface area contributed by atoms with Crippen molar-refractivity contribution in [1.29, 1.82) is 0 Å². The summed E-state index contributed by atoms with van der Waals surface area (Å²) in [5.74, 6) is 0.513. The van der Waals surface area contributed by atoms with Gasteiger partial charge in [-0.3, -0.25) is 9.89 Å². The Morgan fingerprint density at radius 2 is 2.44 bits per heavy atom. The molecule has 0 fully saturated rings. The van der Waals surface area contributed by atoms with E-state index in [9.17, 15) is 4.79 Å². The molecule has 16 heavy (non-hydrogen) atoms. The molecule has 6 heteroatoms. The van der Waals surface area contributed by atoms with Crippen molar-refractivity contribution in [2.75, 3.05) is 0 Å². The number of aryl methyl sites for hydroxylation is 1. The number of carbonyl (C=O) groups is 1. The summed E-state index contributed by atoms with van der Waals surface area (Å²) in [5, 5.41) is 9.29. The van der Waals surface area contributed by atoms with E-state index in [1.165, 1.54) is 6.33 Å². The van der Waals surface area contributed by atoms with Gasteiger partial charge in [0.05, 0.1) is 6.04 Å². The van der Waals surface area contributed by atoms with Crippen LogP contribution < -0.4 is 5.32 Å². The van der Waals surface area contributed by atoms with E-state index in [-0.39, 0.29) is 11.9 Å². The number of hydrogen-bond acceptors (Lipinski definition) is 3. The van der Waals surface area contributed by atoms with E-state index in [4.69, 9.17) is 0 Å². The molecule has 0 aliphatic rings. The Kier molecular flexibility index (Phi) is 2.72. The van der Waals surface area contributed by atoms with Crippen molar-refractivity contribution in [2.24, 2.45) is 7.05 Å². The Morgan fingerprint density at radius 3 is 3.00 bits per heavy atom. The minimum atomic E-state index is -0.190. The number of H-pyrrole nitrogens is 1. The van der Waals surface area contributed by atoms with Crippen molar-refractivity contribution < 1.29 is 4.79 Å². The molecule has 2 aromatic heterocycles. The third-order valence-electron chi connectivity index (χ3n) is 2.37. The number of nitrogens with one attached hydrogen (secondary N) is 2. The predicted octanol–water partition coefficient (Wildman–Crippen LogP) is 0.634. The van der Waals surface area contributed by atoms with Gasteiger partial charge in [0.15, 0.2) is 0 Å². The van der Waals surface area contributed by atoms with Gasteiger partial charge >= 0.3 is 0 Å². The highest BCUT2D eigenvalue weighted by molar-refractivity contribution is 5.92. The van der Waals surface area contributed by atoms with Crippen molar-refractivity contribution in [3.63, 3.8) is 0 Å². The molecule has 2 heterocycles. The van der Waals surface area contributed by atoms with Crippen LogP contribution >= 0.6 is 0 Å². The number of hydrogen-bond donors (Lipinski definition) is 2. The fraction of sp³-hybridized carbons (Fsp3) is 0.300. The maximum Gasteiger partial charge on any atom is 0.268 e. The third kappa shape index (κ3) is 1.95. The second kappa shape index (κ2) is 4.18. The minimum Gasteiger partial charge on any atom is -0.347 e. The molecule has 1 atom stereocenters. The lowest BCUT2D eigenvalue weighted by molar-refractivity contribution is 0.0930. The molecule has 2 aromatic rings. The second-order valence-electron chi connectivity index (χ2n) is 3.57. The molecule has 0 saturated heterocycles. The number of aromatic nitrogens is 4. The average Bonchev–Trinajstić information content (AvgIpc) is 2.86. The second-order valence-corrected chi connectivity index (χ2v) is 3.57. The van der Waals surface area contributed by atoms with Crippen LogP contribution in [0.5, 0.6) is 0 Å². The van der Waals surface area contributed by atoms with Gasteiger partial charge in [-0.1, -0.05) is 0 Å². The van der Waals surface area contributed by atoms with Crippen molar-refractivity contribution in [3.05, 3.63) is 36.2 Å². The highest BCUT2D eigenvalue weighted by Crippen LogP contribution is 2.07. The zero-order valence-electron chi connectivity index (χ0n) is 9.14. The Hall–Kier alpha value is -2.11. The molecule has 2 rings (SSSR count). The first kappa shape index (κ1) is 10.4. The van der Waals surface area contributed by atoms with Crippen molar-refractivity contribution >= 4 is 5.91 Å². The van der Waals surface area contributed by atoms with Crippen LogP contribution in [-0.4, -0.2) is 25.7 Å². The van der Waals surface area contributed by atoms with Gasteiger partial charge in [0.1, 0.15) is 17.8 Å². The molecule has 6 nitrogen and oxygen atoms in total. The standard InChI is InChI=1S/C10H13N5O/c1-7(9-11-6-12-14-9)13-10(16)8-4-3-5-15(8)2/h3-7H,1-2H3,(H,13,16)(H,11,12,14). The summed E-state index contributed by atoms with van der Waals surface area (Å²) in [6, 6.07) is 3.40. The Balaban J connectivity index is 2.06. The van der Waals surface area contributed by atoms with Crippen LogP contribution in [0.15, 0.2) is 24.7 Å². The first-order chi connectivity index (χ1) is 7.68. The van der Waals surface area contributed by atoms with Gasteiger partial charge in [-0.15, -0.1) is 0 Å². The molecule has 2 N–H and O–H groups in total. The maximum atomic E-state index is 11.8. The molecule has 0 spiro atoms. The average molecular weight is 219 g/mol. The van der Waals surface area contributed by atoms with Gasteiger partial charge in [0.2, 0.25) is 0 Å². The van der Waals surface area contributed by atoms with Gasteiger partial charge in [-0.05, 0) is 19.1 Å². The monoisotopic (exact) mass is 219 g/mol. The maximum absolute atomic E-state index is 11.8. The smallest absolute Gasteiger partial charge is 0.268 e. The fourth-order valence-corrected chi connectivity index (χ4v) is 1.46. The molecular weight excluding hydrogens is 206 g/mol. The molecular formula is C10H13N5O. The summed E-state index contributed by atoms with van der Waals surface area (Å²) >= 11 is 0. The first-order valence-corrected chi connectivity index (χ1v) is 4.96. The zero-order chi connectivity index (χ0) is 11.5. The van der Waals surface area contributed by atoms with Gasteiger partial charge in [-0.2, -0.15) is 5.10 Å². The molecule has 0 aliphatic carbocycles. The Morgan fingerprint density at radius 1 is 1.62 bits per heavy atom. The third-order valence-corrected chi connectivity index (χ3v) is 2.37. The summed E-state index contributed by atoms with van der Waals surface area (Å²) < 4.78 is 1.77. The van der Waals surface area contributed by atoms with E-state index in [0.29, 0.717) is 11.5 Å². The van der Waals surface area contributed by atoms with Crippen molar-refractivity contribution in [2.45, 2.75) is 13.0 Å². The normalized spacial score (nSPS) is 12.4. The van der Waals surface area contributed by atoms with Crippen LogP contribution in [0.1, 0.15) is 29.3 Å². The zero-order valence-corrected chi connectivity index (χ0v) is 9.14. The highest BCUT2D eigenvalue weighted by atomic mass is 16.2. The molecule has 0 aromatic carbocycles. The topological polar surface area (TPSA) is 75.6 Å². The van der Waals surface area contributed by atoms with Crippen LogP contribution in [0.3, 0.4) is 0 Å². The van der Waals surface area contributed by atoms with Gasteiger partial charge in [0.25, 0.3) is 5.91 Å². The summed E-state index contributed by atoms with van der Waals surface area (Å²) in [5.41, 5.74) is 0.617. The molecule has 1 unspecified atom stereocenters. The van der Waals surface area contributed by atoms with Crippen LogP contribution in [0.25, 0.3) is 0 Å². The summed E-state index contributed by atoms with van der Waals surface area (Å²) in [7, 11) is 1.83. The lowest BCUT2D eigenvalue weighted by Gasteiger charge is -2.11. The van der Waals surface area contributed by atoms with E-state index >= 15 is 0 Å². The number of nitrogens with zero attached hydrogens (tertiary/aromatic N) is 3. The first-order valence-electron chi connectivity index (χ1n) is 4.96. The summed E-state index contributed by atoms with van der Waals surface area (Å²) in [6.07, 6.45) is 3.24. The Labute approximate surface area is 92.7 Å². The molecule has 1 amide bonds. The lowest BCUT2D eigenvalue weighted by atomic mass is 10.3. The molecule has 0 aliphatic heterocycles. The number of rotatable bonds is 3. The quantitative estimate of drug-likeness (QED) is 0.795. The predicted molar refractivity (Wildman–Crippen MR) is 57.7 cm³/mol. The van der Waals surface area contributed by atoms with E-state index in [1.54, 1.807) is 10.6 Å². The van der Waals surface area contributed by atoms with E-state index in [0.717, 1.165) is 0 Å². The summed E-state index contributed by atoms with van der Waals surface area (Å²) in [4.78, 5) is 15.8. The van der Waals surface area contributed by atoms with Gasteiger partial charge in [-0.25, -0.2) is 4.98 Å². The van der Waals surface area contributed by atoms with Crippen LogP contribution in [0, 0.1) is 0 Å². The molecule has 84 valence electrons. The largest absolute Gasteiger partial charge is 0.347 e. The Bertz CT molecular complexity index is 473. The molecule has 0 saturated carbocycles. The highest BCUT2D eigenvalue weighted by Gasteiger charge is 2.14. The minimum absolute atomic E-state index is 0.128. The van der Waals surface area contributed by atoms with E-state index < -0.39 is 0 Å². The van der Waals surface area contributed by atoms with Crippen molar-refractivity contribution in [3.8, 4) is 0 Å². The SMILES string of the molecule is CC(NC(=O)c1cccn1C)c1ncn[nH]1. The van der Waals surface area contributed by atoms with Crippen molar-refractivity contribution in [1.82, 2.24) is 25.1 Å². The van der Waals surface area contributed by atoms with Crippen LogP contribution in [0.4, 0.5) is 0 Å². The fourth-order valence-electron chi connectivity index (χ4n) is 1.46. The summed E-state index contributed by atoms with van der Waals surface area (Å²) in [6.45, 7) is 1.85. The van der Waals surface area contributed by atoms with Crippen LogP contribution in [0.2, 0.25) is 0 Å².